The minimum absolute atomic E-state index is 0.363. The summed E-state index contributed by atoms with van der Waals surface area (Å²) in [6, 6.07) is 0. The third kappa shape index (κ3) is 2.54. The molecule has 0 saturated carbocycles. The lowest BCUT2D eigenvalue weighted by molar-refractivity contribution is -0.138. The number of rotatable bonds is 2. The second kappa shape index (κ2) is 5.30. The normalized spacial score (nSPS) is 34.2. The van der Waals surface area contributed by atoms with E-state index < -0.39 is 5.97 Å². The van der Waals surface area contributed by atoms with E-state index in [2.05, 4.69) is 18.8 Å². The molecule has 3 nitrogen and oxygen atoms in total. The van der Waals surface area contributed by atoms with Gasteiger partial charge in [0.2, 0.25) is 0 Å². The van der Waals surface area contributed by atoms with Gasteiger partial charge in [-0.2, -0.15) is 11.8 Å². The van der Waals surface area contributed by atoms with E-state index in [0.29, 0.717) is 15.7 Å². The van der Waals surface area contributed by atoms with E-state index in [4.69, 9.17) is 0 Å². The molecule has 1 aromatic rings. The number of aliphatic carboxylic acids is 1. The average Bonchev–Trinajstić information content (AvgIpc) is 2.91. The maximum atomic E-state index is 11.2. The summed E-state index contributed by atoms with van der Waals surface area (Å²) in [5.74, 6) is 0.0150. The van der Waals surface area contributed by atoms with Gasteiger partial charge >= 0.3 is 5.97 Å². The first-order valence-electron chi connectivity index (χ1n) is 6.55. The van der Waals surface area contributed by atoms with Crippen LogP contribution in [0.25, 0.3) is 0 Å². The minimum Gasteiger partial charge on any atom is -0.481 e. The number of fused-ring (bicyclic) bond motifs is 1. The number of thioether (sulfide) groups is 2. The zero-order chi connectivity index (χ0) is 13.6. The van der Waals surface area contributed by atoms with Crippen LogP contribution >= 0.6 is 34.9 Å². The maximum absolute atomic E-state index is 11.2. The van der Waals surface area contributed by atoms with Gasteiger partial charge in [0, 0.05) is 21.1 Å². The number of hydrogen-bond donors (Lipinski definition) is 1. The van der Waals surface area contributed by atoms with Gasteiger partial charge in [0.1, 0.15) is 10.9 Å². The van der Waals surface area contributed by atoms with Crippen molar-refractivity contribution in [3.8, 4) is 0 Å². The Bertz CT molecular complexity index is 502. The van der Waals surface area contributed by atoms with Gasteiger partial charge in [0.15, 0.2) is 0 Å². The molecule has 1 aliphatic heterocycles. The first kappa shape index (κ1) is 13.8. The molecule has 1 aliphatic carbocycles. The van der Waals surface area contributed by atoms with Crippen molar-refractivity contribution in [2.24, 2.45) is 0 Å². The van der Waals surface area contributed by atoms with Gasteiger partial charge < -0.3 is 5.11 Å². The fourth-order valence-electron chi connectivity index (χ4n) is 2.54. The zero-order valence-corrected chi connectivity index (χ0v) is 13.4. The average molecular weight is 315 g/mol. The lowest BCUT2D eigenvalue weighted by Crippen LogP contribution is -2.22. The molecule has 1 saturated heterocycles. The van der Waals surface area contributed by atoms with Crippen molar-refractivity contribution in [3.05, 3.63) is 15.6 Å². The molecule has 2 aliphatic rings. The molecule has 19 heavy (non-hydrogen) atoms. The van der Waals surface area contributed by atoms with Crippen LogP contribution in [0, 0.1) is 0 Å². The van der Waals surface area contributed by atoms with Crippen molar-refractivity contribution >= 4 is 40.8 Å². The predicted octanol–water partition coefficient (Wildman–Crippen LogP) is 3.56. The Labute approximate surface area is 125 Å². The van der Waals surface area contributed by atoms with Crippen LogP contribution in [0.5, 0.6) is 0 Å². The van der Waals surface area contributed by atoms with Gasteiger partial charge in [0.25, 0.3) is 0 Å². The molecule has 4 atom stereocenters. The molecule has 4 unspecified atom stereocenters. The highest BCUT2D eigenvalue weighted by Gasteiger charge is 2.35. The summed E-state index contributed by atoms with van der Waals surface area (Å²) in [5.41, 5.74) is 0.851. The van der Waals surface area contributed by atoms with Crippen molar-refractivity contribution in [1.29, 1.82) is 0 Å². The highest BCUT2D eigenvalue weighted by atomic mass is 32.2. The van der Waals surface area contributed by atoms with Gasteiger partial charge in [-0.3, -0.25) is 4.79 Å². The fourth-order valence-corrected chi connectivity index (χ4v) is 6.87. The van der Waals surface area contributed by atoms with E-state index in [1.165, 1.54) is 4.88 Å². The number of thiazole rings is 1. The van der Waals surface area contributed by atoms with Crippen LogP contribution in [0.15, 0.2) is 0 Å². The number of carbonyl (C=O) groups is 1. The Morgan fingerprint density at radius 2 is 2.16 bits per heavy atom. The molecule has 0 aromatic carbocycles. The van der Waals surface area contributed by atoms with Crippen molar-refractivity contribution in [2.45, 2.75) is 48.4 Å². The van der Waals surface area contributed by atoms with Gasteiger partial charge in [-0.1, -0.05) is 13.8 Å². The SMILES string of the molecule is CC1SCC(c2nc3c(s2)CCC3C(=O)O)SC1C. The largest absolute Gasteiger partial charge is 0.481 e. The van der Waals surface area contributed by atoms with E-state index in [-0.39, 0.29) is 5.92 Å². The minimum atomic E-state index is -0.719. The summed E-state index contributed by atoms with van der Waals surface area (Å²) in [6.07, 6.45) is 1.62. The van der Waals surface area contributed by atoms with Crippen molar-refractivity contribution in [3.63, 3.8) is 0 Å². The molecule has 1 fully saturated rings. The molecule has 0 amide bonds. The molecule has 0 bridgehead atoms. The maximum Gasteiger partial charge on any atom is 0.312 e. The summed E-state index contributed by atoms with van der Waals surface area (Å²) in [4.78, 5) is 17.1. The molecular formula is C13H17NO2S3. The van der Waals surface area contributed by atoms with E-state index in [1.54, 1.807) is 11.3 Å². The van der Waals surface area contributed by atoms with Crippen LogP contribution < -0.4 is 0 Å². The Balaban J connectivity index is 1.81. The number of carboxylic acids is 1. The highest BCUT2D eigenvalue weighted by Crippen LogP contribution is 2.47. The number of carboxylic acid groups (broad SMARTS) is 1. The lowest BCUT2D eigenvalue weighted by atomic mass is 10.1. The van der Waals surface area contributed by atoms with Crippen LogP contribution in [0.2, 0.25) is 0 Å². The van der Waals surface area contributed by atoms with E-state index in [9.17, 15) is 9.90 Å². The zero-order valence-electron chi connectivity index (χ0n) is 11.0. The second-order valence-corrected chi connectivity index (χ2v) is 9.27. The fraction of sp³-hybridized carbons (Fsp3) is 0.692. The highest BCUT2D eigenvalue weighted by molar-refractivity contribution is 8.07. The smallest absolute Gasteiger partial charge is 0.312 e. The Morgan fingerprint density at radius 1 is 1.37 bits per heavy atom. The predicted molar refractivity (Wildman–Crippen MR) is 82.5 cm³/mol. The van der Waals surface area contributed by atoms with Gasteiger partial charge in [-0.15, -0.1) is 23.1 Å². The molecule has 1 N–H and O–H groups in total. The van der Waals surface area contributed by atoms with Gasteiger partial charge in [0.05, 0.1) is 10.9 Å². The molecule has 3 rings (SSSR count). The lowest BCUT2D eigenvalue weighted by Gasteiger charge is -2.30. The number of nitrogens with zero attached hydrogens (tertiary/aromatic N) is 1. The standard InChI is InChI=1S/C13H17NO2S3/c1-6-7(2)18-10(5-17-6)12-14-11-8(13(15)16)3-4-9(11)19-12/h6-8,10H,3-5H2,1-2H3,(H,15,16). The van der Waals surface area contributed by atoms with E-state index in [1.807, 2.05) is 23.5 Å². The third-order valence-electron chi connectivity index (χ3n) is 3.86. The Hall–Kier alpha value is -0.200. The number of aryl methyl sites for hydroxylation is 1. The van der Waals surface area contributed by atoms with Crippen LogP contribution in [0.3, 0.4) is 0 Å². The molecule has 0 spiro atoms. The van der Waals surface area contributed by atoms with E-state index >= 15 is 0 Å². The van der Waals surface area contributed by atoms with Crippen LogP contribution in [0.4, 0.5) is 0 Å². The van der Waals surface area contributed by atoms with Crippen LogP contribution in [-0.4, -0.2) is 32.3 Å². The Morgan fingerprint density at radius 3 is 2.84 bits per heavy atom. The molecule has 1 aromatic heterocycles. The van der Waals surface area contributed by atoms with Crippen molar-refractivity contribution in [2.75, 3.05) is 5.75 Å². The summed E-state index contributed by atoms with van der Waals surface area (Å²) in [7, 11) is 0. The second-order valence-electron chi connectivity index (χ2n) is 5.16. The number of aromatic nitrogens is 1. The first-order valence-corrected chi connectivity index (χ1v) is 9.36. The van der Waals surface area contributed by atoms with Gasteiger partial charge in [-0.25, -0.2) is 4.98 Å². The molecule has 0 radical (unpaired) electrons. The molecule has 104 valence electrons. The van der Waals surface area contributed by atoms with Gasteiger partial charge in [-0.05, 0) is 12.8 Å². The quantitative estimate of drug-likeness (QED) is 0.904. The summed E-state index contributed by atoms with van der Waals surface area (Å²) >= 11 is 5.74. The summed E-state index contributed by atoms with van der Waals surface area (Å²) in [6.45, 7) is 4.55. The number of hydrogen-bond acceptors (Lipinski definition) is 5. The van der Waals surface area contributed by atoms with Crippen molar-refractivity contribution in [1.82, 2.24) is 4.98 Å². The van der Waals surface area contributed by atoms with E-state index in [0.717, 1.165) is 29.3 Å². The third-order valence-corrected chi connectivity index (χ3v) is 8.65. The molecule has 6 heteroatoms. The molecule has 2 heterocycles. The first-order chi connectivity index (χ1) is 9.06. The van der Waals surface area contributed by atoms with Crippen LogP contribution in [-0.2, 0) is 11.2 Å². The van der Waals surface area contributed by atoms with Crippen molar-refractivity contribution < 1.29 is 9.90 Å². The summed E-state index contributed by atoms with van der Waals surface area (Å²) in [5, 5.41) is 12.1. The molecular weight excluding hydrogens is 298 g/mol. The Kier molecular flexibility index (Phi) is 3.84. The van der Waals surface area contributed by atoms with Crippen LogP contribution in [0.1, 0.15) is 47.0 Å². The monoisotopic (exact) mass is 315 g/mol. The topological polar surface area (TPSA) is 50.2 Å². The summed E-state index contributed by atoms with van der Waals surface area (Å²) < 4.78 is 0.